The zero-order chi connectivity index (χ0) is 23.1. The van der Waals surface area contributed by atoms with Crippen molar-refractivity contribution < 1.29 is 33.2 Å². The molecular formula is C21H29N2O7P. The van der Waals surface area contributed by atoms with E-state index in [1.807, 2.05) is 20.8 Å². The number of ether oxygens (including phenoxy) is 1. The predicted molar refractivity (Wildman–Crippen MR) is 116 cm³/mol. The van der Waals surface area contributed by atoms with Gasteiger partial charge in [-0.2, -0.15) is 10.3 Å². The van der Waals surface area contributed by atoms with E-state index in [9.17, 15) is 14.6 Å². The molecule has 31 heavy (non-hydrogen) atoms. The minimum absolute atomic E-state index is 0.176. The van der Waals surface area contributed by atoms with Gasteiger partial charge in [0.2, 0.25) is 0 Å². The highest BCUT2D eigenvalue weighted by atomic mass is 31.2. The highest BCUT2D eigenvalue weighted by molar-refractivity contribution is 7.52. The molecule has 9 nitrogen and oxygen atoms in total. The predicted octanol–water partition coefficient (Wildman–Crippen LogP) is 3.40. The fourth-order valence-electron chi connectivity index (χ4n) is 2.30. The number of esters is 1. The van der Waals surface area contributed by atoms with Crippen molar-refractivity contribution in [2.24, 2.45) is 5.41 Å². The maximum atomic E-state index is 13.5. The van der Waals surface area contributed by atoms with E-state index in [4.69, 9.17) is 13.8 Å². The summed E-state index contributed by atoms with van der Waals surface area (Å²) in [6.07, 6.45) is 0. The van der Waals surface area contributed by atoms with Crippen molar-refractivity contribution in [2.45, 2.75) is 33.7 Å². The molecule has 0 spiro atoms. The first-order chi connectivity index (χ1) is 14.5. The van der Waals surface area contributed by atoms with Gasteiger partial charge in [-0.1, -0.05) is 39.0 Å². The van der Waals surface area contributed by atoms with Gasteiger partial charge in [0.25, 0.3) is 0 Å². The van der Waals surface area contributed by atoms with E-state index < -0.39 is 25.0 Å². The summed E-state index contributed by atoms with van der Waals surface area (Å²) in [6.45, 7) is 7.52. The van der Waals surface area contributed by atoms with Crippen molar-refractivity contribution in [3.05, 3.63) is 59.8 Å². The van der Waals surface area contributed by atoms with Gasteiger partial charge in [-0.25, -0.2) is 9.40 Å². The number of hydrogen-bond acceptors (Lipinski definition) is 7. The maximum absolute atomic E-state index is 13.5. The van der Waals surface area contributed by atoms with Crippen molar-refractivity contribution in [3.8, 4) is 11.5 Å². The van der Waals surface area contributed by atoms with E-state index in [1.165, 1.54) is 38.3 Å². The van der Waals surface area contributed by atoms with Gasteiger partial charge in [0.1, 0.15) is 17.5 Å². The van der Waals surface area contributed by atoms with E-state index in [0.717, 1.165) is 0 Å². The number of quaternary nitrogens is 1. The van der Waals surface area contributed by atoms with Gasteiger partial charge < -0.3 is 19.0 Å². The first kappa shape index (κ1) is 24.8. The SMILES string of the molecule is CO[NH+]([O-])c1ccc(O[P@](=O)(N[C@@H](C)C(=O)OCC(C)(C)C)Oc2ccccc2)cc1. The molecule has 2 rings (SSSR count). The van der Waals surface area contributed by atoms with Crippen LogP contribution in [-0.4, -0.2) is 25.7 Å². The summed E-state index contributed by atoms with van der Waals surface area (Å²) in [7, 11) is -2.77. The van der Waals surface area contributed by atoms with Crippen LogP contribution in [0.4, 0.5) is 5.69 Å². The van der Waals surface area contributed by atoms with Crippen LogP contribution < -0.4 is 19.4 Å². The van der Waals surface area contributed by atoms with Gasteiger partial charge >= 0.3 is 13.7 Å². The first-order valence-electron chi connectivity index (χ1n) is 9.68. The molecule has 1 unspecified atom stereocenters. The lowest BCUT2D eigenvalue weighted by Gasteiger charge is -2.24. The van der Waals surface area contributed by atoms with E-state index >= 15 is 0 Å². The van der Waals surface area contributed by atoms with E-state index in [-0.39, 0.29) is 17.8 Å². The van der Waals surface area contributed by atoms with Gasteiger partial charge in [-0.05, 0) is 36.6 Å². The number of carbonyl (C=O) groups excluding carboxylic acids is 1. The third kappa shape index (κ3) is 8.32. The molecule has 10 heteroatoms. The largest absolute Gasteiger partial charge is 0.595 e. The monoisotopic (exact) mass is 452 g/mol. The molecule has 2 aromatic carbocycles. The summed E-state index contributed by atoms with van der Waals surface area (Å²) in [5.74, 6) is -0.120. The lowest BCUT2D eigenvalue weighted by molar-refractivity contribution is -0.992. The van der Waals surface area contributed by atoms with Crippen molar-refractivity contribution >= 4 is 19.4 Å². The number of nitrogens with one attached hydrogen (secondary N) is 2. The zero-order valence-corrected chi connectivity index (χ0v) is 19.2. The molecule has 2 N–H and O–H groups in total. The smallest absolute Gasteiger partial charge is 0.513 e. The van der Waals surface area contributed by atoms with Gasteiger partial charge in [-0.3, -0.25) is 4.79 Å². The molecule has 0 aliphatic carbocycles. The molecule has 0 amide bonds. The molecule has 0 radical (unpaired) electrons. The van der Waals surface area contributed by atoms with Crippen LogP contribution in [0.15, 0.2) is 54.6 Å². The first-order valence-corrected chi connectivity index (χ1v) is 11.2. The highest BCUT2D eigenvalue weighted by Crippen LogP contribution is 2.45. The van der Waals surface area contributed by atoms with Crippen LogP contribution in [0.1, 0.15) is 27.7 Å². The van der Waals surface area contributed by atoms with Crippen LogP contribution in [0.3, 0.4) is 0 Å². The second-order valence-electron chi connectivity index (χ2n) is 8.03. The summed E-state index contributed by atoms with van der Waals surface area (Å²) in [4.78, 5) is 17.0. The molecule has 0 bridgehead atoms. The number of rotatable bonds is 10. The fourth-order valence-corrected chi connectivity index (χ4v) is 3.82. The van der Waals surface area contributed by atoms with Crippen molar-refractivity contribution in [1.82, 2.24) is 5.09 Å². The molecule has 0 heterocycles. The molecule has 0 aliphatic heterocycles. The normalized spacial score (nSPS) is 15.4. The van der Waals surface area contributed by atoms with Crippen LogP contribution in [0, 0.1) is 10.6 Å². The zero-order valence-electron chi connectivity index (χ0n) is 18.3. The lowest BCUT2D eigenvalue weighted by Crippen LogP contribution is -3.00. The third-order valence-corrected chi connectivity index (χ3v) is 5.43. The van der Waals surface area contributed by atoms with Crippen LogP contribution in [0.5, 0.6) is 11.5 Å². The summed E-state index contributed by atoms with van der Waals surface area (Å²) >= 11 is 0. The van der Waals surface area contributed by atoms with Gasteiger partial charge in [0.05, 0.1) is 13.7 Å². The van der Waals surface area contributed by atoms with Gasteiger partial charge in [0.15, 0.2) is 5.69 Å². The standard InChI is InChI=1S/C21H29N2O7P/c1-16(20(24)28-15-21(2,3)4)22-31(26,29-18-9-7-6-8-10-18)30-19-13-11-17(12-14-19)23(25)27-5/h6-14,16,23H,15H2,1-5H3,(H,22,26)/t16-,31-/m0/s1. The maximum Gasteiger partial charge on any atom is 0.513 e. The molecule has 2 aromatic rings. The van der Waals surface area contributed by atoms with Gasteiger partial charge in [-0.15, -0.1) is 0 Å². The number of benzene rings is 2. The molecule has 170 valence electrons. The topological polar surface area (TPSA) is 111 Å². The van der Waals surface area contributed by atoms with Crippen LogP contribution in [0.2, 0.25) is 0 Å². The molecule has 0 aliphatic rings. The summed E-state index contributed by atoms with van der Waals surface area (Å²) in [5, 5.41) is 13.7. The third-order valence-electron chi connectivity index (χ3n) is 3.82. The Hall–Kier alpha value is -2.42. The molecule has 0 saturated carbocycles. The number of hydrogen-bond donors (Lipinski definition) is 2. The minimum atomic E-state index is -4.05. The summed E-state index contributed by atoms with van der Waals surface area (Å²) < 4.78 is 30.0. The molecule has 0 saturated heterocycles. The second-order valence-corrected chi connectivity index (χ2v) is 9.65. The van der Waals surface area contributed by atoms with Crippen molar-refractivity contribution in [3.63, 3.8) is 0 Å². The average molecular weight is 452 g/mol. The molecular weight excluding hydrogens is 423 g/mol. The lowest BCUT2D eigenvalue weighted by atomic mass is 9.99. The molecule has 3 atom stereocenters. The van der Waals surface area contributed by atoms with Crippen LogP contribution in [0.25, 0.3) is 0 Å². The Bertz CT molecular complexity index is 885. The van der Waals surface area contributed by atoms with Gasteiger partial charge in [0, 0.05) is 12.1 Å². The summed E-state index contributed by atoms with van der Waals surface area (Å²) in [6, 6.07) is 13.3. The average Bonchev–Trinajstić information content (AvgIpc) is 2.71. The quantitative estimate of drug-likeness (QED) is 0.321. The fraction of sp³-hybridized carbons (Fsp3) is 0.381. The van der Waals surface area contributed by atoms with Crippen molar-refractivity contribution in [2.75, 3.05) is 13.7 Å². The van der Waals surface area contributed by atoms with E-state index in [2.05, 4.69) is 9.92 Å². The van der Waals surface area contributed by atoms with Crippen LogP contribution >= 0.6 is 7.75 Å². The van der Waals surface area contributed by atoms with Crippen molar-refractivity contribution in [1.29, 1.82) is 0 Å². The highest BCUT2D eigenvalue weighted by Gasteiger charge is 2.34. The second kappa shape index (κ2) is 10.7. The Balaban J connectivity index is 2.18. The summed E-state index contributed by atoms with van der Waals surface area (Å²) in [5.41, 5.74) is 0.0954. The Labute approximate surface area is 182 Å². The van der Waals surface area contributed by atoms with E-state index in [0.29, 0.717) is 11.4 Å². The molecule has 0 fully saturated rings. The Morgan fingerprint density at radius 2 is 1.61 bits per heavy atom. The molecule has 0 aromatic heterocycles. The van der Waals surface area contributed by atoms with Crippen LogP contribution in [-0.2, 0) is 18.9 Å². The number of carbonyl (C=O) groups is 1. The Morgan fingerprint density at radius 1 is 1.06 bits per heavy atom. The minimum Gasteiger partial charge on any atom is -0.595 e. The Morgan fingerprint density at radius 3 is 2.13 bits per heavy atom. The number of para-hydroxylation sites is 1. The Kier molecular flexibility index (Phi) is 8.61. The van der Waals surface area contributed by atoms with E-state index in [1.54, 1.807) is 30.3 Å².